The SMILES string of the molecule is O=CCOC(=O)Cc1ccc(OCCCNCCCO)cc1. The van der Waals surface area contributed by atoms with E-state index >= 15 is 0 Å². The summed E-state index contributed by atoms with van der Waals surface area (Å²) in [7, 11) is 0. The molecule has 6 nitrogen and oxygen atoms in total. The highest BCUT2D eigenvalue weighted by Crippen LogP contribution is 2.13. The van der Waals surface area contributed by atoms with E-state index in [4.69, 9.17) is 9.84 Å². The van der Waals surface area contributed by atoms with Crippen LogP contribution in [0.25, 0.3) is 0 Å². The Hall–Kier alpha value is -1.92. The Kier molecular flexibility index (Phi) is 9.65. The number of aliphatic hydroxyl groups is 1. The quantitative estimate of drug-likeness (QED) is 0.336. The standard InChI is InChI=1S/C16H23NO5/c18-9-1-7-17-8-2-11-21-15-5-3-14(4-6-15)13-16(20)22-12-10-19/h3-6,10,17-18H,1-2,7-9,11-13H2. The minimum absolute atomic E-state index is 0.142. The lowest BCUT2D eigenvalue weighted by Gasteiger charge is -2.08. The first-order chi connectivity index (χ1) is 10.8. The fourth-order valence-electron chi connectivity index (χ4n) is 1.76. The Morgan fingerprint density at radius 2 is 1.91 bits per heavy atom. The van der Waals surface area contributed by atoms with Crippen molar-refractivity contribution in [1.29, 1.82) is 0 Å². The number of aliphatic hydroxyl groups excluding tert-OH is 1. The van der Waals surface area contributed by atoms with Gasteiger partial charge < -0.3 is 19.9 Å². The van der Waals surface area contributed by atoms with Gasteiger partial charge in [-0.25, -0.2) is 0 Å². The number of hydrogen-bond acceptors (Lipinski definition) is 6. The van der Waals surface area contributed by atoms with E-state index in [-0.39, 0.29) is 19.6 Å². The molecule has 0 saturated heterocycles. The first-order valence-electron chi connectivity index (χ1n) is 7.39. The third kappa shape index (κ3) is 8.39. The maximum atomic E-state index is 11.3. The molecule has 0 aliphatic heterocycles. The molecule has 1 aromatic carbocycles. The van der Waals surface area contributed by atoms with E-state index in [0.29, 0.717) is 12.9 Å². The van der Waals surface area contributed by atoms with E-state index in [1.807, 2.05) is 12.1 Å². The molecule has 0 aliphatic carbocycles. The minimum Gasteiger partial charge on any atom is -0.494 e. The molecule has 6 heteroatoms. The summed E-state index contributed by atoms with van der Waals surface area (Å²) < 4.78 is 10.3. The van der Waals surface area contributed by atoms with Crippen LogP contribution in [0.15, 0.2) is 24.3 Å². The summed E-state index contributed by atoms with van der Waals surface area (Å²) in [6, 6.07) is 7.22. The zero-order valence-electron chi connectivity index (χ0n) is 12.6. The van der Waals surface area contributed by atoms with Crippen LogP contribution in [-0.2, 0) is 20.7 Å². The molecular formula is C16H23NO5. The second kappa shape index (κ2) is 11.7. The summed E-state index contributed by atoms with van der Waals surface area (Å²) >= 11 is 0. The summed E-state index contributed by atoms with van der Waals surface area (Å²) in [5, 5.41) is 11.8. The number of carbonyl (C=O) groups excluding carboxylic acids is 2. The molecule has 0 aliphatic rings. The van der Waals surface area contributed by atoms with Crippen molar-refractivity contribution in [1.82, 2.24) is 5.32 Å². The number of rotatable bonds is 12. The van der Waals surface area contributed by atoms with Gasteiger partial charge in [-0.2, -0.15) is 0 Å². The molecule has 0 unspecified atom stereocenters. The second-order valence-electron chi connectivity index (χ2n) is 4.70. The summed E-state index contributed by atoms with van der Waals surface area (Å²) in [6.45, 7) is 2.27. The van der Waals surface area contributed by atoms with Crippen molar-refractivity contribution >= 4 is 12.3 Å². The van der Waals surface area contributed by atoms with Gasteiger partial charge in [-0.3, -0.25) is 9.59 Å². The van der Waals surface area contributed by atoms with Crippen molar-refractivity contribution in [2.45, 2.75) is 19.3 Å². The third-order valence-corrected chi connectivity index (χ3v) is 2.86. The Labute approximate surface area is 130 Å². The van der Waals surface area contributed by atoms with Gasteiger partial charge in [0.05, 0.1) is 13.0 Å². The highest BCUT2D eigenvalue weighted by atomic mass is 16.5. The van der Waals surface area contributed by atoms with E-state index in [1.54, 1.807) is 12.1 Å². The number of hydrogen-bond donors (Lipinski definition) is 2. The van der Waals surface area contributed by atoms with Crippen molar-refractivity contribution in [2.24, 2.45) is 0 Å². The van der Waals surface area contributed by atoms with E-state index in [1.165, 1.54) is 0 Å². The number of carbonyl (C=O) groups is 2. The number of ether oxygens (including phenoxy) is 2. The lowest BCUT2D eigenvalue weighted by molar-refractivity contribution is -0.144. The summed E-state index contributed by atoms with van der Waals surface area (Å²) in [4.78, 5) is 21.4. The van der Waals surface area contributed by atoms with Gasteiger partial charge in [0.1, 0.15) is 12.4 Å². The van der Waals surface area contributed by atoms with Gasteiger partial charge in [0.15, 0.2) is 6.29 Å². The van der Waals surface area contributed by atoms with Crippen LogP contribution in [0.5, 0.6) is 5.75 Å². The van der Waals surface area contributed by atoms with Gasteiger partial charge in [0.2, 0.25) is 0 Å². The van der Waals surface area contributed by atoms with E-state index in [9.17, 15) is 9.59 Å². The van der Waals surface area contributed by atoms with E-state index < -0.39 is 5.97 Å². The van der Waals surface area contributed by atoms with Crippen molar-refractivity contribution < 1.29 is 24.2 Å². The molecule has 0 radical (unpaired) electrons. The molecule has 0 fully saturated rings. The first-order valence-corrected chi connectivity index (χ1v) is 7.39. The molecule has 0 atom stereocenters. The maximum absolute atomic E-state index is 11.3. The third-order valence-electron chi connectivity index (χ3n) is 2.86. The molecule has 0 spiro atoms. The zero-order valence-corrected chi connectivity index (χ0v) is 12.6. The van der Waals surface area contributed by atoms with Crippen molar-refractivity contribution in [3.8, 4) is 5.75 Å². The topological polar surface area (TPSA) is 84.9 Å². The highest BCUT2D eigenvalue weighted by molar-refractivity contribution is 5.74. The predicted octanol–water partition coefficient (Wildman–Crippen LogP) is 0.712. The molecule has 122 valence electrons. The molecule has 0 aromatic heterocycles. The number of nitrogens with one attached hydrogen (secondary N) is 1. The van der Waals surface area contributed by atoms with Crippen LogP contribution < -0.4 is 10.1 Å². The monoisotopic (exact) mass is 309 g/mol. The van der Waals surface area contributed by atoms with Crippen LogP contribution in [0.4, 0.5) is 0 Å². The second-order valence-corrected chi connectivity index (χ2v) is 4.70. The molecule has 0 amide bonds. The number of benzene rings is 1. The Bertz CT molecular complexity index is 433. The average Bonchev–Trinajstić information content (AvgIpc) is 2.53. The molecule has 0 heterocycles. The van der Waals surface area contributed by atoms with Gasteiger partial charge in [0, 0.05) is 6.61 Å². The van der Waals surface area contributed by atoms with Crippen LogP contribution in [0.3, 0.4) is 0 Å². The van der Waals surface area contributed by atoms with Crippen LogP contribution in [0.2, 0.25) is 0 Å². The Balaban J connectivity index is 2.18. The fourth-order valence-corrected chi connectivity index (χ4v) is 1.76. The average molecular weight is 309 g/mol. The summed E-state index contributed by atoms with van der Waals surface area (Å²) in [6.07, 6.45) is 2.33. The normalized spacial score (nSPS) is 10.2. The molecule has 22 heavy (non-hydrogen) atoms. The van der Waals surface area contributed by atoms with E-state index in [0.717, 1.165) is 37.2 Å². The molecule has 0 saturated carbocycles. The highest BCUT2D eigenvalue weighted by Gasteiger charge is 2.04. The van der Waals surface area contributed by atoms with Crippen LogP contribution in [0.1, 0.15) is 18.4 Å². The van der Waals surface area contributed by atoms with Gasteiger partial charge in [0.25, 0.3) is 0 Å². The Morgan fingerprint density at radius 1 is 1.18 bits per heavy atom. The number of aldehydes is 1. The van der Waals surface area contributed by atoms with Crippen molar-refractivity contribution in [2.75, 3.05) is 32.9 Å². The van der Waals surface area contributed by atoms with Gasteiger partial charge in [-0.05, 0) is 43.6 Å². The lowest BCUT2D eigenvalue weighted by atomic mass is 10.1. The molecule has 2 N–H and O–H groups in total. The van der Waals surface area contributed by atoms with Gasteiger partial charge in [-0.1, -0.05) is 12.1 Å². The molecule has 0 bridgehead atoms. The zero-order chi connectivity index (χ0) is 16.0. The molecule has 1 rings (SSSR count). The smallest absolute Gasteiger partial charge is 0.310 e. The maximum Gasteiger partial charge on any atom is 0.310 e. The molecule has 1 aromatic rings. The predicted molar refractivity (Wildman–Crippen MR) is 81.9 cm³/mol. The van der Waals surface area contributed by atoms with Crippen LogP contribution >= 0.6 is 0 Å². The van der Waals surface area contributed by atoms with Gasteiger partial charge in [-0.15, -0.1) is 0 Å². The summed E-state index contributed by atoms with van der Waals surface area (Å²) in [5.41, 5.74) is 0.814. The lowest BCUT2D eigenvalue weighted by Crippen LogP contribution is -2.19. The molecular weight excluding hydrogens is 286 g/mol. The minimum atomic E-state index is -0.422. The largest absolute Gasteiger partial charge is 0.494 e. The first kappa shape index (κ1) is 18.1. The van der Waals surface area contributed by atoms with Crippen molar-refractivity contribution in [3.05, 3.63) is 29.8 Å². The number of esters is 1. The van der Waals surface area contributed by atoms with Gasteiger partial charge >= 0.3 is 5.97 Å². The van der Waals surface area contributed by atoms with Crippen LogP contribution in [-0.4, -0.2) is 50.3 Å². The van der Waals surface area contributed by atoms with Crippen molar-refractivity contribution in [3.63, 3.8) is 0 Å². The van der Waals surface area contributed by atoms with E-state index in [2.05, 4.69) is 10.1 Å². The van der Waals surface area contributed by atoms with Crippen LogP contribution in [0, 0.1) is 0 Å². The summed E-state index contributed by atoms with van der Waals surface area (Å²) in [5.74, 6) is 0.329. The fraction of sp³-hybridized carbons (Fsp3) is 0.500. The Morgan fingerprint density at radius 3 is 2.59 bits per heavy atom.